The van der Waals surface area contributed by atoms with Crippen molar-refractivity contribution in [1.82, 2.24) is 0 Å². The molecule has 0 amide bonds. The quantitative estimate of drug-likeness (QED) is 0.447. The van der Waals surface area contributed by atoms with Crippen LogP contribution in [0.25, 0.3) is 5.57 Å². The van der Waals surface area contributed by atoms with Gasteiger partial charge in [-0.25, -0.2) is 0 Å². The highest BCUT2D eigenvalue weighted by atomic mass is 14.5. The van der Waals surface area contributed by atoms with Gasteiger partial charge in [-0.15, -0.1) is 0 Å². The second-order valence-electron chi connectivity index (χ2n) is 6.90. The van der Waals surface area contributed by atoms with E-state index in [9.17, 15) is 0 Å². The Kier molecular flexibility index (Phi) is 5.12. The van der Waals surface area contributed by atoms with Gasteiger partial charge in [0.05, 0.1) is 5.41 Å². The first-order valence-electron chi connectivity index (χ1n) is 10.2. The third-order valence-corrected chi connectivity index (χ3v) is 5.57. The van der Waals surface area contributed by atoms with Crippen molar-refractivity contribution < 1.29 is 0 Å². The molecule has 0 atom stereocenters. The van der Waals surface area contributed by atoms with Crippen LogP contribution in [0, 0.1) is 0 Å². The van der Waals surface area contributed by atoms with Crippen LogP contribution in [0.15, 0.2) is 115 Å². The summed E-state index contributed by atoms with van der Waals surface area (Å²) in [6, 6.07) is 30.7. The lowest BCUT2D eigenvalue weighted by Crippen LogP contribution is -2.29. The summed E-state index contributed by atoms with van der Waals surface area (Å²) in [4.78, 5) is 0. The van der Waals surface area contributed by atoms with E-state index in [0.717, 1.165) is 6.42 Å². The minimum absolute atomic E-state index is 0.264. The molecule has 0 unspecified atom stereocenters. The molecular formula is C28H26. The van der Waals surface area contributed by atoms with Gasteiger partial charge >= 0.3 is 0 Å². The van der Waals surface area contributed by atoms with E-state index in [0.29, 0.717) is 0 Å². The van der Waals surface area contributed by atoms with Crippen LogP contribution in [0.2, 0.25) is 0 Å². The van der Waals surface area contributed by atoms with Gasteiger partial charge in [0.2, 0.25) is 0 Å². The first-order valence-corrected chi connectivity index (χ1v) is 10.2. The molecule has 0 nitrogen and oxygen atoms in total. The molecule has 0 spiro atoms. The maximum Gasteiger partial charge on any atom is 0.0713 e. The highest BCUT2D eigenvalue weighted by molar-refractivity contribution is 5.92. The fourth-order valence-electron chi connectivity index (χ4n) is 4.55. The van der Waals surface area contributed by atoms with Crippen molar-refractivity contribution in [2.24, 2.45) is 0 Å². The van der Waals surface area contributed by atoms with Crippen molar-refractivity contribution in [1.29, 1.82) is 0 Å². The largest absolute Gasteiger partial charge is 0.0804 e. The molecule has 0 fully saturated rings. The van der Waals surface area contributed by atoms with Gasteiger partial charge in [-0.05, 0) is 39.8 Å². The van der Waals surface area contributed by atoms with E-state index in [1.54, 1.807) is 0 Å². The Hall–Kier alpha value is -3.12. The van der Waals surface area contributed by atoms with Crippen molar-refractivity contribution in [3.05, 3.63) is 137 Å². The Bertz CT molecular complexity index is 994. The van der Waals surface area contributed by atoms with Crippen molar-refractivity contribution in [3.63, 3.8) is 0 Å². The fraction of sp³-hybridized carbons (Fsp3) is 0.143. The van der Waals surface area contributed by atoms with Crippen molar-refractivity contribution >= 4 is 5.57 Å². The smallest absolute Gasteiger partial charge is 0.0713 e. The number of fused-ring (bicyclic) bond motifs is 2. The van der Waals surface area contributed by atoms with Crippen LogP contribution >= 0.6 is 0 Å². The number of benzene rings is 3. The van der Waals surface area contributed by atoms with Crippen LogP contribution < -0.4 is 0 Å². The molecule has 0 N–H and O–H groups in total. The average molecular weight is 363 g/mol. The van der Waals surface area contributed by atoms with Crippen LogP contribution in [0.5, 0.6) is 0 Å². The van der Waals surface area contributed by atoms with Crippen LogP contribution in [0.3, 0.4) is 0 Å². The predicted octanol–water partition coefficient (Wildman–Crippen LogP) is 7.33. The lowest BCUT2D eigenvalue weighted by molar-refractivity contribution is 0.761. The molecule has 2 aliphatic rings. The minimum atomic E-state index is -0.264. The van der Waals surface area contributed by atoms with Gasteiger partial charge in [0, 0.05) is 0 Å². The van der Waals surface area contributed by atoms with Gasteiger partial charge in [0.1, 0.15) is 0 Å². The van der Waals surface area contributed by atoms with E-state index in [1.807, 2.05) is 13.8 Å². The molecule has 0 bridgehead atoms. The Morgan fingerprint density at radius 2 is 1.14 bits per heavy atom. The highest BCUT2D eigenvalue weighted by Gasteiger charge is 2.46. The molecule has 3 aromatic rings. The van der Waals surface area contributed by atoms with Gasteiger partial charge in [-0.3, -0.25) is 0 Å². The summed E-state index contributed by atoms with van der Waals surface area (Å²) >= 11 is 0. The zero-order chi connectivity index (χ0) is 19.4. The zero-order valence-electron chi connectivity index (χ0n) is 16.6. The lowest BCUT2D eigenvalue weighted by atomic mass is 9.67. The monoisotopic (exact) mass is 362 g/mol. The summed E-state index contributed by atoms with van der Waals surface area (Å²) in [5.74, 6) is 0. The van der Waals surface area contributed by atoms with Crippen LogP contribution in [0.4, 0.5) is 0 Å². The van der Waals surface area contributed by atoms with Crippen LogP contribution in [0.1, 0.15) is 42.5 Å². The molecule has 3 aromatic carbocycles. The molecular weight excluding hydrogens is 336 g/mol. The van der Waals surface area contributed by atoms with Gasteiger partial charge in [-0.2, -0.15) is 0 Å². The number of rotatable bonds is 2. The molecule has 0 aliphatic heterocycles. The molecule has 0 heteroatoms. The van der Waals surface area contributed by atoms with Gasteiger partial charge in [0.25, 0.3) is 0 Å². The van der Waals surface area contributed by atoms with Crippen LogP contribution in [-0.4, -0.2) is 0 Å². The topological polar surface area (TPSA) is 0 Å². The minimum Gasteiger partial charge on any atom is -0.0804 e. The summed E-state index contributed by atoms with van der Waals surface area (Å²) in [6.45, 7) is 4.00. The van der Waals surface area contributed by atoms with Crippen LogP contribution in [-0.2, 0) is 5.41 Å². The Balaban J connectivity index is 0.000000932. The highest BCUT2D eigenvalue weighted by Crippen LogP contribution is 2.55. The molecule has 0 aromatic heterocycles. The molecule has 0 radical (unpaired) electrons. The standard InChI is InChI=1S/C26H20.C2H6/c1-4-12-20(13-5-1)26(21-14-6-2-7-15-21)24-18-9-3-8-16-22(24)23-17-10-11-19-25(23)26;1-2/h1-2,4-19H,3H2;1-2H3. The van der Waals surface area contributed by atoms with Gasteiger partial charge in [0.15, 0.2) is 0 Å². The fourth-order valence-corrected chi connectivity index (χ4v) is 4.55. The zero-order valence-corrected chi connectivity index (χ0v) is 16.6. The summed E-state index contributed by atoms with van der Waals surface area (Å²) in [7, 11) is 0. The number of hydrogen-bond donors (Lipinski definition) is 0. The third kappa shape index (κ3) is 2.68. The van der Waals surface area contributed by atoms with Crippen molar-refractivity contribution in [2.45, 2.75) is 25.7 Å². The van der Waals surface area contributed by atoms with E-state index >= 15 is 0 Å². The van der Waals surface area contributed by atoms with Crippen molar-refractivity contribution in [3.8, 4) is 0 Å². The molecule has 28 heavy (non-hydrogen) atoms. The molecule has 2 aliphatic carbocycles. The molecule has 0 heterocycles. The lowest BCUT2D eigenvalue weighted by Gasteiger charge is -2.34. The second-order valence-corrected chi connectivity index (χ2v) is 6.90. The van der Waals surface area contributed by atoms with Gasteiger partial charge < -0.3 is 0 Å². The first kappa shape index (κ1) is 18.3. The maximum atomic E-state index is 2.34. The molecule has 5 rings (SSSR count). The van der Waals surface area contributed by atoms with E-state index in [2.05, 4.69) is 109 Å². The van der Waals surface area contributed by atoms with E-state index < -0.39 is 0 Å². The molecule has 0 saturated heterocycles. The van der Waals surface area contributed by atoms with E-state index in [-0.39, 0.29) is 5.41 Å². The predicted molar refractivity (Wildman–Crippen MR) is 120 cm³/mol. The molecule has 138 valence electrons. The summed E-state index contributed by atoms with van der Waals surface area (Å²) in [5, 5.41) is 0. The first-order chi connectivity index (χ1) is 13.9. The molecule has 0 saturated carbocycles. The van der Waals surface area contributed by atoms with E-state index in [4.69, 9.17) is 0 Å². The summed E-state index contributed by atoms with van der Waals surface area (Å²) < 4.78 is 0. The van der Waals surface area contributed by atoms with E-state index in [1.165, 1.54) is 33.4 Å². The average Bonchev–Trinajstić information content (AvgIpc) is 2.90. The number of hydrogen-bond acceptors (Lipinski definition) is 0. The van der Waals surface area contributed by atoms with Gasteiger partial charge in [-0.1, -0.05) is 123 Å². The third-order valence-electron chi connectivity index (χ3n) is 5.57. The Morgan fingerprint density at radius 3 is 1.79 bits per heavy atom. The maximum absolute atomic E-state index is 2.34. The van der Waals surface area contributed by atoms with Crippen molar-refractivity contribution in [2.75, 3.05) is 0 Å². The second kappa shape index (κ2) is 7.86. The number of allylic oxidation sites excluding steroid dienone is 6. The SMILES string of the molecule is C1=CC2=C(C=CC1)C(c1ccccc1)(c1ccccc1)c1ccccc12.CC. The Morgan fingerprint density at radius 1 is 0.607 bits per heavy atom. The Labute approximate surface area is 168 Å². The normalized spacial score (nSPS) is 15.9. The summed E-state index contributed by atoms with van der Waals surface area (Å²) in [6.07, 6.45) is 10.2. The summed E-state index contributed by atoms with van der Waals surface area (Å²) in [5.41, 5.74) is 7.83.